The van der Waals surface area contributed by atoms with Gasteiger partial charge in [0.1, 0.15) is 0 Å². The van der Waals surface area contributed by atoms with Crippen LogP contribution in [0.3, 0.4) is 0 Å². The summed E-state index contributed by atoms with van der Waals surface area (Å²) in [6, 6.07) is 17.2. The summed E-state index contributed by atoms with van der Waals surface area (Å²) in [5.74, 6) is -0.187. The molecule has 0 aliphatic heterocycles. The quantitative estimate of drug-likeness (QED) is 0.485. The van der Waals surface area contributed by atoms with Crippen LogP contribution in [-0.2, 0) is 16.0 Å². The molecule has 1 aromatic heterocycles. The van der Waals surface area contributed by atoms with E-state index < -0.39 is 6.09 Å². The zero-order valence-corrected chi connectivity index (χ0v) is 18.5. The Morgan fingerprint density at radius 1 is 1.06 bits per heavy atom. The van der Waals surface area contributed by atoms with Gasteiger partial charge in [-0.05, 0) is 42.8 Å². The molecule has 9 nitrogen and oxygen atoms in total. The maximum absolute atomic E-state index is 12.4. The number of anilines is 1. The van der Waals surface area contributed by atoms with Crippen molar-refractivity contribution in [2.45, 2.75) is 13.5 Å². The van der Waals surface area contributed by atoms with Gasteiger partial charge in [-0.15, -0.1) is 0 Å². The molecule has 0 radical (unpaired) electrons. The van der Waals surface area contributed by atoms with Gasteiger partial charge in [-0.1, -0.05) is 24.3 Å². The van der Waals surface area contributed by atoms with Crippen molar-refractivity contribution in [3.8, 4) is 11.3 Å². The number of methoxy groups -OCH3 is 1. The number of hydrogen-bond donors (Lipinski definition) is 2. The van der Waals surface area contributed by atoms with E-state index in [9.17, 15) is 14.4 Å². The second-order valence-electron chi connectivity index (χ2n) is 7.09. The number of nitrogens with zero attached hydrogens (tertiary/aromatic N) is 2. The predicted octanol–water partition coefficient (Wildman–Crippen LogP) is 2.90. The van der Waals surface area contributed by atoms with Gasteiger partial charge < -0.3 is 14.8 Å². The van der Waals surface area contributed by atoms with E-state index in [0.29, 0.717) is 30.1 Å². The summed E-state index contributed by atoms with van der Waals surface area (Å²) in [6.45, 7) is 3.10. The first-order chi connectivity index (χ1) is 16.0. The fourth-order valence-electron chi connectivity index (χ4n) is 3.08. The topological polar surface area (TPSA) is 112 Å². The third-order valence-electron chi connectivity index (χ3n) is 4.68. The zero-order valence-electron chi connectivity index (χ0n) is 18.5. The van der Waals surface area contributed by atoms with E-state index in [1.807, 2.05) is 6.07 Å². The summed E-state index contributed by atoms with van der Waals surface area (Å²) in [7, 11) is 1.57. The van der Waals surface area contributed by atoms with E-state index in [1.165, 1.54) is 10.7 Å². The van der Waals surface area contributed by atoms with Gasteiger partial charge in [0, 0.05) is 36.5 Å². The lowest BCUT2D eigenvalue weighted by Gasteiger charge is -2.10. The lowest BCUT2D eigenvalue weighted by molar-refractivity contribution is 0.0937. The molecule has 0 aliphatic rings. The molecule has 2 aromatic carbocycles. The molecule has 2 N–H and O–H groups in total. The summed E-state index contributed by atoms with van der Waals surface area (Å²) in [4.78, 5) is 36.1. The minimum absolute atomic E-state index is 0.187. The Hall–Kier alpha value is -3.98. The van der Waals surface area contributed by atoms with Gasteiger partial charge in [-0.3, -0.25) is 14.9 Å². The standard InChI is InChI=1S/C24H26N4O5/c1-3-33-24(31)26-20-6-4-5-17(15-20)16-28-22(29)12-11-21(27-28)18-7-9-19(10-8-18)23(30)25-13-14-32-2/h4-12,15H,3,13-14,16H2,1-2H3,(H,25,30)(H,26,31). The van der Waals surface area contributed by atoms with E-state index in [4.69, 9.17) is 9.47 Å². The summed E-state index contributed by atoms with van der Waals surface area (Å²) in [5, 5.41) is 9.88. The van der Waals surface area contributed by atoms with E-state index >= 15 is 0 Å². The Morgan fingerprint density at radius 3 is 2.58 bits per heavy atom. The van der Waals surface area contributed by atoms with Crippen LogP contribution in [0.15, 0.2) is 65.5 Å². The van der Waals surface area contributed by atoms with E-state index in [0.717, 1.165) is 11.1 Å². The fraction of sp³-hybridized carbons (Fsp3) is 0.250. The van der Waals surface area contributed by atoms with Crippen molar-refractivity contribution in [2.75, 3.05) is 32.2 Å². The molecule has 0 fully saturated rings. The Balaban J connectivity index is 1.74. The van der Waals surface area contributed by atoms with Gasteiger partial charge in [0.25, 0.3) is 11.5 Å². The molecule has 0 saturated heterocycles. The van der Waals surface area contributed by atoms with Gasteiger partial charge in [0.2, 0.25) is 0 Å². The minimum atomic E-state index is -0.539. The monoisotopic (exact) mass is 450 g/mol. The molecule has 1 heterocycles. The lowest BCUT2D eigenvalue weighted by atomic mass is 10.1. The molecule has 172 valence electrons. The zero-order chi connectivity index (χ0) is 23.6. The van der Waals surface area contributed by atoms with Crippen LogP contribution in [-0.4, -0.2) is 48.6 Å². The normalized spacial score (nSPS) is 10.5. The van der Waals surface area contributed by atoms with Gasteiger partial charge in [0.05, 0.1) is 25.5 Å². The van der Waals surface area contributed by atoms with Crippen LogP contribution in [0.4, 0.5) is 10.5 Å². The summed E-state index contributed by atoms with van der Waals surface area (Å²) >= 11 is 0. The maximum atomic E-state index is 12.4. The molecule has 2 amide bonds. The van der Waals surface area contributed by atoms with Crippen LogP contribution >= 0.6 is 0 Å². The number of benzene rings is 2. The molecule has 0 aliphatic carbocycles. The molecule has 0 bridgehead atoms. The van der Waals surface area contributed by atoms with Crippen molar-refractivity contribution in [3.63, 3.8) is 0 Å². The third-order valence-corrected chi connectivity index (χ3v) is 4.68. The van der Waals surface area contributed by atoms with Gasteiger partial charge in [-0.2, -0.15) is 5.10 Å². The molecular weight excluding hydrogens is 424 g/mol. The SMILES string of the molecule is CCOC(=O)Nc1cccc(Cn2nc(-c3ccc(C(=O)NCCOC)cc3)ccc2=O)c1. The molecule has 0 saturated carbocycles. The highest BCUT2D eigenvalue weighted by atomic mass is 16.5. The van der Waals surface area contributed by atoms with Gasteiger partial charge in [0.15, 0.2) is 0 Å². The van der Waals surface area contributed by atoms with Crippen molar-refractivity contribution < 1.29 is 19.1 Å². The number of carbonyl (C=O) groups excluding carboxylic acids is 2. The molecule has 3 aromatic rings. The van der Waals surface area contributed by atoms with E-state index in [1.54, 1.807) is 62.6 Å². The molecule has 0 unspecified atom stereocenters. The fourth-order valence-corrected chi connectivity index (χ4v) is 3.08. The number of nitrogens with one attached hydrogen (secondary N) is 2. The second-order valence-corrected chi connectivity index (χ2v) is 7.09. The number of hydrogen-bond acceptors (Lipinski definition) is 6. The van der Waals surface area contributed by atoms with Crippen LogP contribution in [0, 0.1) is 0 Å². The van der Waals surface area contributed by atoms with Crippen LogP contribution < -0.4 is 16.2 Å². The van der Waals surface area contributed by atoms with Crippen molar-refractivity contribution in [3.05, 3.63) is 82.1 Å². The first kappa shape index (κ1) is 23.7. The van der Waals surface area contributed by atoms with Crippen molar-refractivity contribution in [1.29, 1.82) is 0 Å². The second kappa shape index (κ2) is 11.6. The largest absolute Gasteiger partial charge is 0.450 e. The molecule has 0 spiro atoms. The van der Waals surface area contributed by atoms with Crippen molar-refractivity contribution >= 4 is 17.7 Å². The van der Waals surface area contributed by atoms with Crippen LogP contribution in [0.2, 0.25) is 0 Å². The van der Waals surface area contributed by atoms with Crippen molar-refractivity contribution in [2.24, 2.45) is 0 Å². The molecule has 33 heavy (non-hydrogen) atoms. The smallest absolute Gasteiger partial charge is 0.411 e. The Kier molecular flexibility index (Phi) is 8.31. The Bertz CT molecular complexity index is 1160. The Morgan fingerprint density at radius 2 is 1.85 bits per heavy atom. The number of amides is 2. The highest BCUT2D eigenvalue weighted by molar-refractivity contribution is 5.94. The maximum Gasteiger partial charge on any atom is 0.411 e. The number of ether oxygens (including phenoxy) is 2. The number of aromatic nitrogens is 2. The highest BCUT2D eigenvalue weighted by Crippen LogP contribution is 2.17. The first-order valence-corrected chi connectivity index (χ1v) is 10.5. The van der Waals surface area contributed by atoms with Gasteiger partial charge in [-0.25, -0.2) is 9.48 Å². The summed E-state index contributed by atoms with van der Waals surface area (Å²) in [6.07, 6.45) is -0.539. The summed E-state index contributed by atoms with van der Waals surface area (Å²) < 4.78 is 11.2. The Labute approximate surface area is 191 Å². The molecule has 3 rings (SSSR count). The van der Waals surface area contributed by atoms with Crippen molar-refractivity contribution in [1.82, 2.24) is 15.1 Å². The van der Waals surface area contributed by atoms with Crippen LogP contribution in [0.5, 0.6) is 0 Å². The average molecular weight is 450 g/mol. The minimum Gasteiger partial charge on any atom is -0.450 e. The van der Waals surface area contributed by atoms with Crippen LogP contribution in [0.25, 0.3) is 11.3 Å². The third kappa shape index (κ3) is 6.75. The summed E-state index contributed by atoms with van der Waals surface area (Å²) in [5.41, 5.74) is 3.00. The predicted molar refractivity (Wildman–Crippen MR) is 124 cm³/mol. The highest BCUT2D eigenvalue weighted by Gasteiger charge is 2.09. The van der Waals surface area contributed by atoms with Crippen LogP contribution in [0.1, 0.15) is 22.8 Å². The number of rotatable bonds is 9. The first-order valence-electron chi connectivity index (χ1n) is 10.5. The molecular formula is C24H26N4O5. The van der Waals surface area contributed by atoms with E-state index in [-0.39, 0.29) is 24.6 Å². The van der Waals surface area contributed by atoms with E-state index in [2.05, 4.69) is 15.7 Å². The average Bonchev–Trinajstić information content (AvgIpc) is 2.81. The number of carbonyl (C=O) groups is 2. The lowest BCUT2D eigenvalue weighted by Crippen LogP contribution is -2.26. The molecule has 0 atom stereocenters. The molecule has 9 heteroatoms. The van der Waals surface area contributed by atoms with Gasteiger partial charge >= 0.3 is 6.09 Å².